The van der Waals surface area contributed by atoms with Crippen molar-refractivity contribution in [1.82, 2.24) is 20.6 Å². The number of carbonyl (C=O) groups excluding carboxylic acids is 1. The van der Waals surface area contributed by atoms with Gasteiger partial charge in [0.05, 0.1) is 23.9 Å². The Hall–Kier alpha value is -3.01. The highest BCUT2D eigenvalue weighted by Crippen LogP contribution is 2.15. The second-order valence-electron chi connectivity index (χ2n) is 5.39. The highest BCUT2D eigenvalue weighted by atomic mass is 32.1. The predicted molar refractivity (Wildman–Crippen MR) is 96.9 cm³/mol. The van der Waals surface area contributed by atoms with Gasteiger partial charge in [-0.25, -0.2) is 0 Å². The molecule has 1 aromatic carbocycles. The summed E-state index contributed by atoms with van der Waals surface area (Å²) in [5, 5.41) is 17.5. The van der Waals surface area contributed by atoms with E-state index in [1.807, 2.05) is 32.0 Å². The molecule has 0 saturated heterocycles. The number of hydrazine groups is 1. The summed E-state index contributed by atoms with van der Waals surface area (Å²) in [6.07, 6.45) is 1.54. The molecule has 2 rings (SSSR count). The lowest BCUT2D eigenvalue weighted by Crippen LogP contribution is -2.44. The number of hydrogen-bond acceptors (Lipinski definition) is 5. The molecular formula is C15H18N6O3S. The van der Waals surface area contributed by atoms with Crippen molar-refractivity contribution in [3.05, 3.63) is 51.7 Å². The van der Waals surface area contributed by atoms with Crippen molar-refractivity contribution in [2.45, 2.75) is 26.8 Å². The third-order valence-corrected chi connectivity index (χ3v) is 3.53. The van der Waals surface area contributed by atoms with E-state index in [0.717, 1.165) is 16.8 Å². The maximum atomic E-state index is 11.8. The molecule has 0 aliphatic carbocycles. The Morgan fingerprint density at radius 1 is 1.32 bits per heavy atom. The molecule has 1 aromatic heterocycles. The molecular weight excluding hydrogens is 344 g/mol. The van der Waals surface area contributed by atoms with Crippen LogP contribution in [0.4, 0.5) is 11.5 Å². The highest BCUT2D eigenvalue weighted by Gasteiger charge is 2.12. The van der Waals surface area contributed by atoms with E-state index < -0.39 is 4.92 Å². The van der Waals surface area contributed by atoms with Crippen molar-refractivity contribution in [1.29, 1.82) is 0 Å². The van der Waals surface area contributed by atoms with Gasteiger partial charge in [-0.2, -0.15) is 4.68 Å². The third-order valence-electron chi connectivity index (χ3n) is 3.33. The Morgan fingerprint density at radius 3 is 2.72 bits per heavy atom. The Balaban J connectivity index is 1.75. The summed E-state index contributed by atoms with van der Waals surface area (Å²) in [5.74, 6) is -0.569. The van der Waals surface area contributed by atoms with Gasteiger partial charge in [-0.1, -0.05) is 17.7 Å². The quantitative estimate of drug-likeness (QED) is 0.422. The standard InChI is InChI=1S/C15H18N6O3S/c1-10-3-4-12(11(2)9-10)16-15(25)18-17-14(22)6-8-20-7-5-13(19-20)21(23)24/h3-5,7,9H,6,8H2,1-2H3,(H,17,22)(H2,16,18,25). The zero-order chi connectivity index (χ0) is 18.4. The molecule has 132 valence electrons. The van der Waals surface area contributed by atoms with Crippen LogP contribution >= 0.6 is 12.2 Å². The summed E-state index contributed by atoms with van der Waals surface area (Å²) in [5.41, 5.74) is 8.11. The summed E-state index contributed by atoms with van der Waals surface area (Å²) in [6, 6.07) is 7.16. The van der Waals surface area contributed by atoms with Crippen molar-refractivity contribution < 1.29 is 9.72 Å². The smallest absolute Gasteiger partial charge is 0.358 e. The Labute approximate surface area is 149 Å². The van der Waals surface area contributed by atoms with E-state index in [1.54, 1.807) is 0 Å². The number of benzene rings is 1. The van der Waals surface area contributed by atoms with Crippen molar-refractivity contribution in [3.63, 3.8) is 0 Å². The molecule has 9 nitrogen and oxygen atoms in total. The van der Waals surface area contributed by atoms with Gasteiger partial charge in [-0.15, -0.1) is 0 Å². The van der Waals surface area contributed by atoms with Gasteiger partial charge in [-0.3, -0.25) is 15.6 Å². The minimum atomic E-state index is -0.588. The van der Waals surface area contributed by atoms with Crippen molar-refractivity contribution >= 4 is 34.7 Å². The molecule has 2 aromatic rings. The molecule has 3 N–H and O–H groups in total. The van der Waals surface area contributed by atoms with Crippen LogP contribution in [0.5, 0.6) is 0 Å². The summed E-state index contributed by atoms with van der Waals surface area (Å²) in [4.78, 5) is 21.7. The normalized spacial score (nSPS) is 10.2. The lowest BCUT2D eigenvalue weighted by molar-refractivity contribution is -0.389. The summed E-state index contributed by atoms with van der Waals surface area (Å²) in [7, 11) is 0. The molecule has 10 heteroatoms. The number of anilines is 1. The van der Waals surface area contributed by atoms with Crippen LogP contribution in [0.2, 0.25) is 0 Å². The number of rotatable bonds is 5. The van der Waals surface area contributed by atoms with Crippen molar-refractivity contribution in [3.8, 4) is 0 Å². The van der Waals surface area contributed by atoms with Gasteiger partial charge in [0.15, 0.2) is 5.11 Å². The number of carbonyl (C=O) groups is 1. The zero-order valence-electron chi connectivity index (χ0n) is 13.8. The first-order valence-electron chi connectivity index (χ1n) is 7.46. The fourth-order valence-corrected chi connectivity index (χ4v) is 2.25. The Morgan fingerprint density at radius 2 is 2.08 bits per heavy atom. The van der Waals surface area contributed by atoms with E-state index in [-0.39, 0.29) is 29.8 Å². The SMILES string of the molecule is Cc1ccc(NC(=S)NNC(=O)CCn2ccc([N+](=O)[O-])n2)c(C)c1. The number of nitrogens with one attached hydrogen (secondary N) is 3. The van der Waals surface area contributed by atoms with E-state index in [0.29, 0.717) is 0 Å². The lowest BCUT2D eigenvalue weighted by atomic mass is 10.1. The van der Waals surface area contributed by atoms with E-state index in [4.69, 9.17) is 12.2 Å². The largest absolute Gasteiger partial charge is 0.389 e. The van der Waals surface area contributed by atoms with Crippen LogP contribution in [0.25, 0.3) is 0 Å². The molecule has 0 saturated carbocycles. The second kappa shape index (κ2) is 8.20. The fourth-order valence-electron chi connectivity index (χ4n) is 2.09. The van der Waals surface area contributed by atoms with Crippen molar-refractivity contribution in [2.24, 2.45) is 0 Å². The van der Waals surface area contributed by atoms with Crippen LogP contribution in [0.15, 0.2) is 30.5 Å². The number of nitrogens with zero attached hydrogens (tertiary/aromatic N) is 3. The Kier molecular flexibility index (Phi) is 6.01. The first kappa shape index (κ1) is 18.3. The second-order valence-corrected chi connectivity index (χ2v) is 5.80. The third kappa shape index (κ3) is 5.53. The van der Waals surface area contributed by atoms with E-state index in [2.05, 4.69) is 21.3 Å². The van der Waals surface area contributed by atoms with Crippen LogP contribution in [-0.2, 0) is 11.3 Å². The number of thiocarbonyl (C=S) groups is 1. The number of aryl methyl sites for hydroxylation is 3. The predicted octanol–water partition coefficient (Wildman–Crippen LogP) is 1.82. The molecule has 1 amide bonds. The summed E-state index contributed by atoms with van der Waals surface area (Å²) in [6.45, 7) is 4.18. The maximum absolute atomic E-state index is 11.8. The first-order chi connectivity index (χ1) is 11.8. The lowest BCUT2D eigenvalue weighted by Gasteiger charge is -2.13. The number of hydrogen-bond donors (Lipinski definition) is 3. The van der Waals surface area contributed by atoms with Crippen LogP contribution in [0.1, 0.15) is 17.5 Å². The fraction of sp³-hybridized carbons (Fsp3) is 0.267. The number of aromatic nitrogens is 2. The number of amides is 1. The molecule has 1 heterocycles. The molecule has 0 fully saturated rings. The van der Waals surface area contributed by atoms with Gasteiger partial charge in [0, 0.05) is 12.1 Å². The van der Waals surface area contributed by atoms with Gasteiger partial charge in [0.1, 0.15) is 0 Å². The van der Waals surface area contributed by atoms with E-state index in [1.165, 1.54) is 16.9 Å². The van der Waals surface area contributed by atoms with Gasteiger partial charge in [0.2, 0.25) is 5.91 Å². The van der Waals surface area contributed by atoms with Gasteiger partial charge in [0.25, 0.3) is 0 Å². The van der Waals surface area contributed by atoms with Crippen LogP contribution in [0, 0.1) is 24.0 Å². The van der Waals surface area contributed by atoms with Crippen molar-refractivity contribution in [2.75, 3.05) is 5.32 Å². The average molecular weight is 362 g/mol. The molecule has 0 radical (unpaired) electrons. The maximum Gasteiger partial charge on any atom is 0.389 e. The topological polar surface area (TPSA) is 114 Å². The zero-order valence-corrected chi connectivity index (χ0v) is 14.6. The molecule has 25 heavy (non-hydrogen) atoms. The van der Waals surface area contributed by atoms with Crippen LogP contribution in [-0.4, -0.2) is 25.7 Å². The molecule has 0 bridgehead atoms. The number of nitro groups is 1. The van der Waals surface area contributed by atoms with Gasteiger partial charge >= 0.3 is 5.82 Å². The first-order valence-corrected chi connectivity index (χ1v) is 7.87. The highest BCUT2D eigenvalue weighted by molar-refractivity contribution is 7.80. The molecule has 0 atom stereocenters. The average Bonchev–Trinajstić information content (AvgIpc) is 3.03. The van der Waals surface area contributed by atoms with Crippen LogP contribution in [0.3, 0.4) is 0 Å². The molecule has 0 aliphatic heterocycles. The van der Waals surface area contributed by atoms with Gasteiger partial charge in [-0.05, 0) is 42.6 Å². The minimum Gasteiger partial charge on any atom is -0.358 e. The molecule has 0 spiro atoms. The summed E-state index contributed by atoms with van der Waals surface area (Å²) < 4.78 is 1.34. The molecule has 0 aliphatic rings. The summed E-state index contributed by atoms with van der Waals surface area (Å²) >= 11 is 5.13. The molecule has 0 unspecified atom stereocenters. The van der Waals surface area contributed by atoms with E-state index in [9.17, 15) is 14.9 Å². The van der Waals surface area contributed by atoms with Crippen LogP contribution < -0.4 is 16.2 Å². The monoisotopic (exact) mass is 362 g/mol. The Bertz CT molecular complexity index is 804. The van der Waals surface area contributed by atoms with E-state index >= 15 is 0 Å². The van der Waals surface area contributed by atoms with Gasteiger partial charge < -0.3 is 15.4 Å². The minimum absolute atomic E-state index is 0.0952.